The molecule has 214 valence electrons. The molecule has 0 radical (unpaired) electrons. The van der Waals surface area contributed by atoms with Gasteiger partial charge in [0.2, 0.25) is 0 Å². The van der Waals surface area contributed by atoms with E-state index >= 15 is 0 Å². The van der Waals surface area contributed by atoms with Gasteiger partial charge >= 0.3 is 0 Å². The van der Waals surface area contributed by atoms with E-state index in [1.54, 1.807) is 0 Å². The van der Waals surface area contributed by atoms with Crippen LogP contribution < -0.4 is 4.90 Å². The molecule has 1 aliphatic rings. The summed E-state index contributed by atoms with van der Waals surface area (Å²) in [5.74, 6) is 0. The maximum Gasteiger partial charge on any atom is 0.137 e. The topological polar surface area (TPSA) is 21.3 Å². The highest BCUT2D eigenvalue weighted by Gasteiger charge is 2.18. The summed E-state index contributed by atoms with van der Waals surface area (Å²) in [7, 11) is 0. The quantitative estimate of drug-likeness (QED) is 0.203. The molecule has 0 saturated heterocycles. The van der Waals surface area contributed by atoms with Gasteiger partial charge in [-0.25, -0.2) is 0 Å². The molecule has 0 atom stereocenters. The lowest BCUT2D eigenvalue weighted by Gasteiger charge is -2.27. The van der Waals surface area contributed by atoms with Crippen molar-refractivity contribution in [3.05, 3.63) is 163 Å². The molecule has 0 unspecified atom stereocenters. The predicted molar refractivity (Wildman–Crippen MR) is 189 cm³/mol. The highest BCUT2D eigenvalue weighted by atomic mass is 16.3. The van der Waals surface area contributed by atoms with Crippen LogP contribution in [0.1, 0.15) is 12.8 Å². The van der Waals surface area contributed by atoms with E-state index in [0.29, 0.717) is 0 Å². The smallest absolute Gasteiger partial charge is 0.137 e. The molecule has 3 heteroatoms. The fourth-order valence-corrected chi connectivity index (χ4v) is 6.88. The molecule has 0 N–H and O–H groups in total. The van der Waals surface area contributed by atoms with Crippen LogP contribution in [0.2, 0.25) is 0 Å². The number of para-hydroxylation sites is 3. The van der Waals surface area contributed by atoms with Crippen molar-refractivity contribution in [1.29, 1.82) is 0 Å². The van der Waals surface area contributed by atoms with E-state index in [2.05, 4.69) is 155 Å². The van der Waals surface area contributed by atoms with Gasteiger partial charge in [0.05, 0.1) is 11.0 Å². The van der Waals surface area contributed by atoms with Crippen molar-refractivity contribution in [2.75, 3.05) is 4.90 Å². The van der Waals surface area contributed by atoms with Gasteiger partial charge < -0.3 is 13.9 Å². The van der Waals surface area contributed by atoms with E-state index < -0.39 is 0 Å². The first-order chi connectivity index (χ1) is 22.3. The van der Waals surface area contributed by atoms with Crippen molar-refractivity contribution in [3.63, 3.8) is 0 Å². The van der Waals surface area contributed by atoms with Gasteiger partial charge in [-0.2, -0.15) is 0 Å². The SMILES string of the molecule is C1=CC(N(c2ccc(-c3ccc4c(c3)c3ccccc3n4-c3ccccc3)cc2)c2ccc3c(c2)oc2ccccc23)=CCC1. The summed E-state index contributed by atoms with van der Waals surface area (Å²) < 4.78 is 8.63. The Balaban J connectivity index is 1.13. The fourth-order valence-electron chi connectivity index (χ4n) is 6.88. The molecule has 0 amide bonds. The largest absolute Gasteiger partial charge is 0.456 e. The molecule has 8 aromatic rings. The zero-order valence-corrected chi connectivity index (χ0v) is 24.7. The van der Waals surface area contributed by atoms with Crippen LogP contribution in [0, 0.1) is 0 Å². The van der Waals surface area contributed by atoms with Crippen LogP contribution in [0.5, 0.6) is 0 Å². The lowest BCUT2D eigenvalue weighted by atomic mass is 10.0. The number of fused-ring (bicyclic) bond motifs is 6. The van der Waals surface area contributed by atoms with E-state index in [9.17, 15) is 0 Å². The van der Waals surface area contributed by atoms with Gasteiger partial charge in [0, 0.05) is 50.4 Å². The summed E-state index contributed by atoms with van der Waals surface area (Å²) in [6.45, 7) is 0. The fraction of sp³-hybridized carbons (Fsp3) is 0.0476. The Morgan fingerprint density at radius 2 is 1.22 bits per heavy atom. The molecule has 9 rings (SSSR count). The maximum atomic E-state index is 6.27. The number of hydrogen-bond acceptors (Lipinski definition) is 2. The Morgan fingerprint density at radius 3 is 2.07 bits per heavy atom. The average Bonchev–Trinajstić information content (AvgIpc) is 3.65. The molecule has 6 aromatic carbocycles. The Labute approximate surface area is 261 Å². The van der Waals surface area contributed by atoms with Crippen LogP contribution in [0.25, 0.3) is 60.6 Å². The molecular formula is C42H30N2O. The highest BCUT2D eigenvalue weighted by molar-refractivity contribution is 6.10. The number of rotatable bonds is 5. The summed E-state index contributed by atoms with van der Waals surface area (Å²) in [5, 5.41) is 4.81. The first-order valence-electron chi connectivity index (χ1n) is 15.6. The summed E-state index contributed by atoms with van der Waals surface area (Å²) in [6, 6.07) is 49.9. The van der Waals surface area contributed by atoms with Gasteiger partial charge in [-0.1, -0.05) is 84.9 Å². The van der Waals surface area contributed by atoms with E-state index in [1.807, 2.05) is 12.1 Å². The van der Waals surface area contributed by atoms with Gasteiger partial charge in [0.15, 0.2) is 0 Å². The van der Waals surface area contributed by atoms with Crippen LogP contribution in [-0.4, -0.2) is 4.57 Å². The van der Waals surface area contributed by atoms with Gasteiger partial charge in [-0.3, -0.25) is 0 Å². The number of anilines is 2. The summed E-state index contributed by atoms with van der Waals surface area (Å²) in [5.41, 5.74) is 11.2. The lowest BCUT2D eigenvalue weighted by molar-refractivity contribution is 0.669. The molecule has 2 aromatic heterocycles. The maximum absolute atomic E-state index is 6.27. The van der Waals surface area contributed by atoms with Crippen LogP contribution in [0.15, 0.2) is 168 Å². The Bertz CT molecular complexity index is 2420. The van der Waals surface area contributed by atoms with Crippen molar-refractivity contribution in [1.82, 2.24) is 4.57 Å². The standard InChI is InChI=1S/C42H30N2O/c1-3-11-31(12-4-1)43(34-24-25-37-36-16-8-10-18-41(36)45-42(37)28-34)33-22-19-29(20-23-33)30-21-26-40-38(27-30)35-15-7-9-17-39(35)44(40)32-13-5-2-6-14-32/h2-3,5-28H,1,4H2. The summed E-state index contributed by atoms with van der Waals surface area (Å²) in [6.07, 6.45) is 8.92. The minimum absolute atomic E-state index is 0.902. The third kappa shape index (κ3) is 4.28. The van der Waals surface area contributed by atoms with Gasteiger partial charge in [-0.05, 0) is 90.7 Å². The second-order valence-corrected chi connectivity index (χ2v) is 11.7. The third-order valence-corrected chi connectivity index (χ3v) is 9.00. The van der Waals surface area contributed by atoms with Crippen molar-refractivity contribution >= 4 is 55.1 Å². The van der Waals surface area contributed by atoms with Crippen molar-refractivity contribution < 1.29 is 4.42 Å². The van der Waals surface area contributed by atoms with E-state index in [1.165, 1.54) is 44.3 Å². The van der Waals surface area contributed by atoms with E-state index in [4.69, 9.17) is 4.42 Å². The van der Waals surface area contributed by atoms with Crippen LogP contribution >= 0.6 is 0 Å². The van der Waals surface area contributed by atoms with Crippen molar-refractivity contribution in [2.45, 2.75) is 12.8 Å². The summed E-state index contributed by atoms with van der Waals surface area (Å²) >= 11 is 0. The van der Waals surface area contributed by atoms with Gasteiger partial charge in [0.1, 0.15) is 11.2 Å². The Morgan fingerprint density at radius 1 is 0.511 bits per heavy atom. The van der Waals surface area contributed by atoms with Gasteiger partial charge in [0.25, 0.3) is 0 Å². The monoisotopic (exact) mass is 578 g/mol. The molecule has 1 aliphatic carbocycles. The zero-order valence-electron chi connectivity index (χ0n) is 24.7. The molecule has 0 spiro atoms. The lowest BCUT2D eigenvalue weighted by Crippen LogP contribution is -2.16. The number of furan rings is 1. The van der Waals surface area contributed by atoms with Crippen LogP contribution in [0.3, 0.4) is 0 Å². The Kier molecular flexibility index (Phi) is 5.95. The molecule has 0 fully saturated rings. The molecular weight excluding hydrogens is 548 g/mol. The van der Waals surface area contributed by atoms with Crippen LogP contribution in [-0.2, 0) is 0 Å². The van der Waals surface area contributed by atoms with Crippen molar-refractivity contribution in [3.8, 4) is 16.8 Å². The number of aromatic nitrogens is 1. The van der Waals surface area contributed by atoms with Gasteiger partial charge in [-0.15, -0.1) is 0 Å². The molecule has 0 saturated carbocycles. The number of benzene rings is 6. The molecule has 0 bridgehead atoms. The zero-order chi connectivity index (χ0) is 29.7. The molecule has 3 nitrogen and oxygen atoms in total. The minimum Gasteiger partial charge on any atom is -0.456 e. The number of nitrogens with zero attached hydrogens (tertiary/aromatic N) is 2. The number of allylic oxidation sites excluding steroid dienone is 3. The molecule has 0 aliphatic heterocycles. The van der Waals surface area contributed by atoms with E-state index in [-0.39, 0.29) is 0 Å². The normalized spacial score (nSPS) is 13.2. The molecule has 2 heterocycles. The number of hydrogen-bond donors (Lipinski definition) is 0. The van der Waals surface area contributed by atoms with E-state index in [0.717, 1.165) is 46.2 Å². The highest BCUT2D eigenvalue weighted by Crippen LogP contribution is 2.39. The second kappa shape index (κ2) is 10.4. The van der Waals surface area contributed by atoms with Crippen molar-refractivity contribution in [2.24, 2.45) is 0 Å². The van der Waals surface area contributed by atoms with Crippen LogP contribution in [0.4, 0.5) is 11.4 Å². The average molecular weight is 579 g/mol. The summed E-state index contributed by atoms with van der Waals surface area (Å²) in [4.78, 5) is 2.34. The third-order valence-electron chi connectivity index (χ3n) is 9.00. The first-order valence-corrected chi connectivity index (χ1v) is 15.6. The molecule has 45 heavy (non-hydrogen) atoms. The Hall–Kier alpha value is -5.80. The second-order valence-electron chi connectivity index (χ2n) is 11.7. The minimum atomic E-state index is 0.902. The first kappa shape index (κ1) is 25.7. The predicted octanol–water partition coefficient (Wildman–Crippen LogP) is 11.7.